The van der Waals surface area contributed by atoms with Crippen molar-refractivity contribution in [2.75, 3.05) is 13.7 Å². The third-order valence-electron chi connectivity index (χ3n) is 7.20. The van der Waals surface area contributed by atoms with Crippen molar-refractivity contribution < 1.29 is 9.53 Å². The molecular formula is C29H33N5O2. The van der Waals surface area contributed by atoms with Gasteiger partial charge in [0.25, 0.3) is 0 Å². The van der Waals surface area contributed by atoms with Crippen LogP contribution in [0.4, 0.5) is 0 Å². The van der Waals surface area contributed by atoms with Gasteiger partial charge in [-0.3, -0.25) is 4.79 Å². The fourth-order valence-electron chi connectivity index (χ4n) is 5.06. The molecule has 0 radical (unpaired) electrons. The van der Waals surface area contributed by atoms with Crippen molar-refractivity contribution in [1.82, 2.24) is 24.0 Å². The van der Waals surface area contributed by atoms with Gasteiger partial charge in [0.1, 0.15) is 11.6 Å². The fraction of sp³-hybridized carbons (Fsp3) is 0.345. The second kappa shape index (κ2) is 10.4. The van der Waals surface area contributed by atoms with Crippen LogP contribution in [0.3, 0.4) is 0 Å². The molecule has 0 spiro atoms. The Morgan fingerprint density at radius 1 is 1.11 bits per heavy atom. The molecule has 1 aliphatic heterocycles. The van der Waals surface area contributed by atoms with Gasteiger partial charge in [-0.05, 0) is 23.6 Å². The molecule has 1 amide bonds. The van der Waals surface area contributed by atoms with Crippen LogP contribution in [-0.4, -0.2) is 43.6 Å². The smallest absolute Gasteiger partial charge is 0.229 e. The van der Waals surface area contributed by atoms with Gasteiger partial charge in [0, 0.05) is 43.3 Å². The minimum atomic E-state index is -0.0785. The number of hydrogen-bond donors (Lipinski definition) is 0. The van der Waals surface area contributed by atoms with E-state index in [0.717, 1.165) is 41.5 Å². The molecule has 3 heterocycles. The number of rotatable bonds is 8. The summed E-state index contributed by atoms with van der Waals surface area (Å²) >= 11 is 0. The summed E-state index contributed by atoms with van der Waals surface area (Å²) in [6.07, 6.45) is 6.99. The Balaban J connectivity index is 1.41. The average molecular weight is 484 g/mol. The summed E-state index contributed by atoms with van der Waals surface area (Å²) in [5.41, 5.74) is 3.96. The number of carbonyl (C=O) groups excluding carboxylic acids is 1. The van der Waals surface area contributed by atoms with Crippen molar-refractivity contribution in [1.29, 1.82) is 0 Å². The molecule has 0 N–H and O–H groups in total. The minimum absolute atomic E-state index is 0.0785. The summed E-state index contributed by atoms with van der Waals surface area (Å²) in [6, 6.07) is 18.1. The fourth-order valence-corrected chi connectivity index (χ4v) is 5.06. The molecule has 1 unspecified atom stereocenters. The van der Waals surface area contributed by atoms with Gasteiger partial charge in [0.2, 0.25) is 5.91 Å². The summed E-state index contributed by atoms with van der Waals surface area (Å²) < 4.78 is 9.85. The van der Waals surface area contributed by atoms with E-state index >= 15 is 0 Å². The van der Waals surface area contributed by atoms with Crippen molar-refractivity contribution in [2.45, 2.75) is 45.8 Å². The van der Waals surface area contributed by atoms with Crippen molar-refractivity contribution in [3.05, 3.63) is 90.4 Å². The molecule has 2 atom stereocenters. The number of methoxy groups -OCH3 is 1. The summed E-state index contributed by atoms with van der Waals surface area (Å²) in [6.45, 7) is 6.46. The molecule has 2 aromatic heterocycles. The highest BCUT2D eigenvalue weighted by Crippen LogP contribution is 2.37. The van der Waals surface area contributed by atoms with E-state index in [0.29, 0.717) is 19.5 Å². The third-order valence-corrected chi connectivity index (χ3v) is 7.20. The SMILES string of the molecule is CCC(C)[C@H]1c2nc(-c3ccccc3OC)cn2CCN1C(=O)Cc1cncn1Cc1ccccc1. The van der Waals surface area contributed by atoms with Gasteiger partial charge < -0.3 is 18.8 Å². The number of carbonyl (C=O) groups is 1. The summed E-state index contributed by atoms with van der Waals surface area (Å²) in [5.74, 6) is 2.13. The monoisotopic (exact) mass is 483 g/mol. The Kier molecular flexibility index (Phi) is 6.89. The molecule has 0 aliphatic carbocycles. The normalized spacial score (nSPS) is 16.0. The number of benzene rings is 2. The lowest BCUT2D eigenvalue weighted by Gasteiger charge is -2.39. The molecule has 0 bridgehead atoms. The second-order valence-corrected chi connectivity index (χ2v) is 9.47. The van der Waals surface area contributed by atoms with E-state index in [-0.39, 0.29) is 17.9 Å². The number of imidazole rings is 2. The maximum absolute atomic E-state index is 13.7. The largest absolute Gasteiger partial charge is 0.496 e. The quantitative estimate of drug-likeness (QED) is 0.355. The molecule has 0 saturated heterocycles. The highest BCUT2D eigenvalue weighted by Gasteiger charge is 2.36. The Morgan fingerprint density at radius 3 is 2.67 bits per heavy atom. The molecule has 186 valence electrons. The van der Waals surface area contributed by atoms with Crippen molar-refractivity contribution in [3.8, 4) is 17.0 Å². The molecule has 4 aromatic rings. The van der Waals surface area contributed by atoms with Crippen LogP contribution in [0.25, 0.3) is 11.3 Å². The maximum atomic E-state index is 13.7. The van der Waals surface area contributed by atoms with Crippen LogP contribution in [0, 0.1) is 5.92 Å². The highest BCUT2D eigenvalue weighted by atomic mass is 16.5. The van der Waals surface area contributed by atoms with Gasteiger partial charge in [-0.2, -0.15) is 0 Å². The topological polar surface area (TPSA) is 65.2 Å². The lowest BCUT2D eigenvalue weighted by molar-refractivity contribution is -0.135. The Hall–Kier alpha value is -3.87. The highest BCUT2D eigenvalue weighted by molar-refractivity contribution is 5.79. The average Bonchev–Trinajstić information content (AvgIpc) is 3.54. The number of nitrogens with zero attached hydrogens (tertiary/aromatic N) is 5. The molecule has 0 fully saturated rings. The Labute approximate surface area is 212 Å². The minimum Gasteiger partial charge on any atom is -0.496 e. The first kappa shape index (κ1) is 23.9. The van der Waals surface area contributed by atoms with Crippen LogP contribution in [0.5, 0.6) is 5.75 Å². The molecule has 7 nitrogen and oxygen atoms in total. The first-order valence-electron chi connectivity index (χ1n) is 12.6. The first-order chi connectivity index (χ1) is 17.6. The second-order valence-electron chi connectivity index (χ2n) is 9.47. The predicted molar refractivity (Wildman–Crippen MR) is 140 cm³/mol. The van der Waals surface area contributed by atoms with Gasteiger partial charge in [0.05, 0.1) is 31.6 Å². The van der Waals surface area contributed by atoms with E-state index in [1.807, 2.05) is 59.9 Å². The summed E-state index contributed by atoms with van der Waals surface area (Å²) in [7, 11) is 1.68. The van der Waals surface area contributed by atoms with Crippen LogP contribution < -0.4 is 4.74 Å². The van der Waals surface area contributed by atoms with E-state index in [1.54, 1.807) is 7.11 Å². The molecule has 36 heavy (non-hydrogen) atoms. The van der Waals surface area contributed by atoms with Crippen LogP contribution in [0.2, 0.25) is 0 Å². The molecule has 7 heteroatoms. The van der Waals surface area contributed by atoms with Gasteiger partial charge in [-0.25, -0.2) is 9.97 Å². The number of fused-ring (bicyclic) bond motifs is 1. The lowest BCUT2D eigenvalue weighted by Crippen LogP contribution is -2.45. The third kappa shape index (κ3) is 4.65. The van der Waals surface area contributed by atoms with E-state index in [9.17, 15) is 4.79 Å². The Morgan fingerprint density at radius 2 is 1.89 bits per heavy atom. The van der Waals surface area contributed by atoms with E-state index in [1.165, 1.54) is 5.56 Å². The number of ether oxygens (including phenoxy) is 1. The van der Waals surface area contributed by atoms with Gasteiger partial charge in [0.15, 0.2) is 0 Å². The van der Waals surface area contributed by atoms with Gasteiger partial charge >= 0.3 is 0 Å². The number of para-hydroxylation sites is 1. The maximum Gasteiger partial charge on any atom is 0.229 e. The van der Waals surface area contributed by atoms with Crippen LogP contribution in [0.1, 0.15) is 43.4 Å². The van der Waals surface area contributed by atoms with E-state index < -0.39 is 0 Å². The van der Waals surface area contributed by atoms with Crippen LogP contribution >= 0.6 is 0 Å². The number of aromatic nitrogens is 4. The summed E-state index contributed by atoms with van der Waals surface area (Å²) in [4.78, 5) is 25.1. The first-order valence-corrected chi connectivity index (χ1v) is 12.6. The molecular weight excluding hydrogens is 450 g/mol. The molecule has 0 saturated carbocycles. The zero-order valence-corrected chi connectivity index (χ0v) is 21.2. The van der Waals surface area contributed by atoms with Gasteiger partial charge in [-0.1, -0.05) is 62.7 Å². The van der Waals surface area contributed by atoms with Crippen molar-refractivity contribution in [2.24, 2.45) is 5.92 Å². The van der Waals surface area contributed by atoms with Crippen molar-refractivity contribution >= 4 is 5.91 Å². The number of hydrogen-bond acceptors (Lipinski definition) is 4. The number of amides is 1. The van der Waals surface area contributed by atoms with Crippen LogP contribution in [-0.2, 0) is 24.3 Å². The summed E-state index contributed by atoms with van der Waals surface area (Å²) in [5, 5.41) is 0. The zero-order valence-electron chi connectivity index (χ0n) is 21.2. The molecule has 5 rings (SSSR count). The van der Waals surface area contributed by atoms with Crippen LogP contribution in [0.15, 0.2) is 73.3 Å². The van der Waals surface area contributed by atoms with Gasteiger partial charge in [-0.15, -0.1) is 0 Å². The Bertz CT molecular complexity index is 1330. The van der Waals surface area contributed by atoms with Crippen molar-refractivity contribution in [3.63, 3.8) is 0 Å². The zero-order chi connectivity index (χ0) is 25.1. The lowest BCUT2D eigenvalue weighted by atomic mass is 9.95. The molecule has 1 aliphatic rings. The predicted octanol–water partition coefficient (Wildman–Crippen LogP) is 4.98. The standard InChI is InChI=1S/C29H33N5O2/c1-4-21(2)28-29-31-25(24-12-8-9-13-26(24)36-3)19-32(29)14-15-34(28)27(35)16-23-17-30-20-33(23)18-22-10-6-5-7-11-22/h5-13,17,19-21,28H,4,14-16,18H2,1-3H3/t21?,28-/m0/s1. The van der Waals surface area contributed by atoms with E-state index in [2.05, 4.69) is 46.3 Å². The van der Waals surface area contributed by atoms with E-state index in [4.69, 9.17) is 9.72 Å². The molecule has 2 aromatic carbocycles.